The maximum atomic E-state index is 12.7. The molecule has 2 N–H and O–H groups in total. The zero-order valence-corrected chi connectivity index (χ0v) is 16.7. The Kier molecular flexibility index (Phi) is 4.80. The first-order valence-corrected chi connectivity index (χ1v) is 9.64. The van der Waals surface area contributed by atoms with Crippen LogP contribution in [-0.4, -0.2) is 30.0 Å². The Bertz CT molecular complexity index is 1270. The monoisotopic (exact) mass is 417 g/mol. The standard InChI is InChI=1S/C23H19N3O5/c1-28-16-4-2-3-14(9-16)12-29-17-6-7-19-18(11-17)22(26-25-19)24-23(27)15-5-8-20-21(10-15)31-13-30-20/h2-11H,12-13H2,1H3,(H2,24,25,26,27). The number of carbonyl (C=O) groups is 1. The maximum absolute atomic E-state index is 12.7. The number of amides is 1. The molecule has 4 aromatic rings. The van der Waals surface area contributed by atoms with Crippen molar-refractivity contribution in [2.24, 2.45) is 0 Å². The van der Waals surface area contributed by atoms with Gasteiger partial charge in [0.25, 0.3) is 5.91 Å². The number of rotatable bonds is 6. The number of nitrogens with one attached hydrogen (secondary N) is 2. The number of fused-ring (bicyclic) bond motifs is 2. The van der Waals surface area contributed by atoms with Crippen molar-refractivity contribution in [2.75, 3.05) is 19.2 Å². The summed E-state index contributed by atoms with van der Waals surface area (Å²) in [5, 5.41) is 10.7. The summed E-state index contributed by atoms with van der Waals surface area (Å²) >= 11 is 0. The first kappa shape index (κ1) is 18.8. The van der Waals surface area contributed by atoms with Gasteiger partial charge in [-0.2, -0.15) is 5.10 Å². The molecule has 0 saturated carbocycles. The molecule has 0 atom stereocenters. The highest BCUT2D eigenvalue weighted by Gasteiger charge is 2.18. The minimum Gasteiger partial charge on any atom is -0.497 e. The van der Waals surface area contributed by atoms with E-state index in [0.29, 0.717) is 35.2 Å². The number of nitrogens with zero attached hydrogens (tertiary/aromatic N) is 1. The molecule has 0 spiro atoms. The zero-order valence-electron chi connectivity index (χ0n) is 16.7. The van der Waals surface area contributed by atoms with Crippen LogP contribution in [-0.2, 0) is 6.61 Å². The summed E-state index contributed by atoms with van der Waals surface area (Å²) in [6, 6.07) is 18.3. The predicted molar refractivity (Wildman–Crippen MR) is 114 cm³/mol. The van der Waals surface area contributed by atoms with Gasteiger partial charge in [0.2, 0.25) is 6.79 Å². The van der Waals surface area contributed by atoms with Crippen molar-refractivity contribution in [1.82, 2.24) is 10.2 Å². The van der Waals surface area contributed by atoms with E-state index >= 15 is 0 Å². The van der Waals surface area contributed by atoms with Crippen LogP contribution in [0.2, 0.25) is 0 Å². The van der Waals surface area contributed by atoms with E-state index in [2.05, 4.69) is 15.5 Å². The lowest BCUT2D eigenvalue weighted by Crippen LogP contribution is -2.12. The molecule has 1 aromatic heterocycles. The van der Waals surface area contributed by atoms with Gasteiger partial charge in [-0.3, -0.25) is 9.89 Å². The van der Waals surface area contributed by atoms with Crippen LogP contribution in [0.4, 0.5) is 5.82 Å². The molecule has 0 aliphatic carbocycles. The van der Waals surface area contributed by atoms with E-state index in [9.17, 15) is 4.79 Å². The van der Waals surface area contributed by atoms with Crippen molar-refractivity contribution in [2.45, 2.75) is 6.61 Å². The van der Waals surface area contributed by atoms with E-state index < -0.39 is 0 Å². The Morgan fingerprint density at radius 1 is 1.06 bits per heavy atom. The molecular weight excluding hydrogens is 398 g/mol. The van der Waals surface area contributed by atoms with Crippen LogP contribution in [0.3, 0.4) is 0 Å². The molecule has 1 aliphatic heterocycles. The van der Waals surface area contributed by atoms with E-state index in [4.69, 9.17) is 18.9 Å². The molecule has 8 nitrogen and oxygen atoms in total. The lowest BCUT2D eigenvalue weighted by molar-refractivity contribution is 0.102. The van der Waals surface area contributed by atoms with E-state index in [1.165, 1.54) is 0 Å². The molecule has 31 heavy (non-hydrogen) atoms. The molecular formula is C23H19N3O5. The van der Waals surface area contributed by atoms with Gasteiger partial charge in [0.05, 0.1) is 12.6 Å². The molecule has 2 heterocycles. The van der Waals surface area contributed by atoms with E-state index in [0.717, 1.165) is 22.2 Å². The average Bonchev–Trinajstić information content (AvgIpc) is 3.44. The highest BCUT2D eigenvalue weighted by molar-refractivity contribution is 6.08. The molecule has 1 amide bonds. The zero-order chi connectivity index (χ0) is 21.2. The van der Waals surface area contributed by atoms with Gasteiger partial charge < -0.3 is 24.3 Å². The summed E-state index contributed by atoms with van der Waals surface area (Å²) in [5.41, 5.74) is 2.23. The maximum Gasteiger partial charge on any atom is 0.257 e. The van der Waals surface area contributed by atoms with Gasteiger partial charge in [0, 0.05) is 10.9 Å². The number of anilines is 1. The molecule has 0 fully saturated rings. The Labute approximate surface area is 177 Å². The molecule has 8 heteroatoms. The summed E-state index contributed by atoms with van der Waals surface area (Å²) < 4.78 is 21.8. The molecule has 5 rings (SSSR count). The average molecular weight is 417 g/mol. The third-order valence-electron chi connectivity index (χ3n) is 4.94. The van der Waals surface area contributed by atoms with Crippen molar-refractivity contribution in [1.29, 1.82) is 0 Å². The van der Waals surface area contributed by atoms with Crippen LogP contribution in [0.15, 0.2) is 60.7 Å². The third-order valence-corrected chi connectivity index (χ3v) is 4.94. The number of ether oxygens (including phenoxy) is 4. The molecule has 1 aliphatic rings. The van der Waals surface area contributed by atoms with Gasteiger partial charge in [0.15, 0.2) is 17.3 Å². The lowest BCUT2D eigenvalue weighted by Gasteiger charge is -2.08. The highest BCUT2D eigenvalue weighted by atomic mass is 16.7. The normalized spacial score (nSPS) is 12.0. The smallest absolute Gasteiger partial charge is 0.257 e. The number of hydrogen-bond donors (Lipinski definition) is 2. The largest absolute Gasteiger partial charge is 0.497 e. The number of hydrogen-bond acceptors (Lipinski definition) is 6. The summed E-state index contributed by atoms with van der Waals surface area (Å²) in [6.07, 6.45) is 0. The van der Waals surface area contributed by atoms with Gasteiger partial charge in [-0.25, -0.2) is 0 Å². The quantitative estimate of drug-likeness (QED) is 0.490. The van der Waals surface area contributed by atoms with Crippen molar-refractivity contribution in [3.63, 3.8) is 0 Å². The van der Waals surface area contributed by atoms with Crippen molar-refractivity contribution in [3.8, 4) is 23.0 Å². The van der Waals surface area contributed by atoms with Crippen molar-refractivity contribution >= 4 is 22.6 Å². The molecule has 156 valence electrons. The molecule has 0 saturated heterocycles. The van der Waals surface area contributed by atoms with Crippen LogP contribution in [0.25, 0.3) is 10.9 Å². The number of benzene rings is 3. The number of aromatic amines is 1. The van der Waals surface area contributed by atoms with Crippen molar-refractivity contribution < 1.29 is 23.7 Å². The van der Waals surface area contributed by atoms with Crippen LogP contribution in [0, 0.1) is 0 Å². The van der Waals surface area contributed by atoms with Gasteiger partial charge >= 0.3 is 0 Å². The molecule has 0 unspecified atom stereocenters. The number of carbonyl (C=O) groups excluding carboxylic acids is 1. The third kappa shape index (κ3) is 3.83. The van der Waals surface area contributed by atoms with E-state index in [1.807, 2.05) is 42.5 Å². The fraction of sp³-hybridized carbons (Fsp3) is 0.130. The van der Waals surface area contributed by atoms with Crippen LogP contribution >= 0.6 is 0 Å². The summed E-state index contributed by atoms with van der Waals surface area (Å²) in [7, 11) is 1.63. The Hall–Kier alpha value is -4.20. The second-order valence-electron chi connectivity index (χ2n) is 6.94. The topological polar surface area (TPSA) is 94.7 Å². The minimum absolute atomic E-state index is 0.156. The molecule has 0 bridgehead atoms. The lowest BCUT2D eigenvalue weighted by atomic mass is 10.2. The SMILES string of the molecule is COc1cccc(COc2ccc3[nH]nc(NC(=O)c4ccc5c(c4)OCO5)c3c2)c1. The molecule has 3 aromatic carbocycles. The van der Waals surface area contributed by atoms with Gasteiger partial charge in [-0.05, 0) is 54.1 Å². The van der Waals surface area contributed by atoms with Gasteiger partial charge in [-0.1, -0.05) is 12.1 Å². The van der Waals surface area contributed by atoms with E-state index in [-0.39, 0.29) is 12.7 Å². The predicted octanol–water partition coefficient (Wildman–Crippen LogP) is 4.13. The van der Waals surface area contributed by atoms with Crippen LogP contribution in [0.1, 0.15) is 15.9 Å². The summed E-state index contributed by atoms with van der Waals surface area (Å²) in [5.74, 6) is 2.74. The van der Waals surface area contributed by atoms with Crippen LogP contribution in [0.5, 0.6) is 23.0 Å². The Balaban J connectivity index is 1.33. The number of methoxy groups -OCH3 is 1. The number of aromatic nitrogens is 2. The van der Waals surface area contributed by atoms with Gasteiger partial charge in [-0.15, -0.1) is 0 Å². The first-order chi connectivity index (χ1) is 15.2. The highest BCUT2D eigenvalue weighted by Crippen LogP contribution is 2.33. The summed E-state index contributed by atoms with van der Waals surface area (Å²) in [4.78, 5) is 12.7. The van der Waals surface area contributed by atoms with E-state index in [1.54, 1.807) is 25.3 Å². The Morgan fingerprint density at radius 3 is 2.87 bits per heavy atom. The van der Waals surface area contributed by atoms with Crippen LogP contribution < -0.4 is 24.3 Å². The first-order valence-electron chi connectivity index (χ1n) is 9.64. The second-order valence-corrected chi connectivity index (χ2v) is 6.94. The Morgan fingerprint density at radius 2 is 1.97 bits per heavy atom. The fourth-order valence-electron chi connectivity index (χ4n) is 3.32. The minimum atomic E-state index is -0.297. The number of H-pyrrole nitrogens is 1. The summed E-state index contributed by atoms with van der Waals surface area (Å²) in [6.45, 7) is 0.544. The van der Waals surface area contributed by atoms with Gasteiger partial charge in [0.1, 0.15) is 18.1 Å². The van der Waals surface area contributed by atoms with Crippen molar-refractivity contribution in [3.05, 3.63) is 71.8 Å². The fourth-order valence-corrected chi connectivity index (χ4v) is 3.32. The second kappa shape index (κ2) is 7.91. The molecule has 0 radical (unpaired) electrons.